The van der Waals surface area contributed by atoms with Crippen molar-refractivity contribution in [2.75, 3.05) is 5.32 Å². The summed E-state index contributed by atoms with van der Waals surface area (Å²) in [4.78, 5) is 16.6. The van der Waals surface area contributed by atoms with Crippen molar-refractivity contribution >= 4 is 40.5 Å². The van der Waals surface area contributed by atoms with Crippen LogP contribution in [0.2, 0.25) is 10.0 Å². The Labute approximate surface area is 151 Å². The molecule has 24 heavy (non-hydrogen) atoms. The number of fused-ring (bicyclic) bond motifs is 2. The lowest BCUT2D eigenvalue weighted by Crippen LogP contribution is -2.25. The van der Waals surface area contributed by atoms with Crippen LogP contribution >= 0.6 is 23.2 Å². The molecule has 5 heteroatoms. The number of nitrogens with zero attached hydrogens (tertiary/aromatic N) is 1. The highest BCUT2D eigenvalue weighted by molar-refractivity contribution is 6.42. The van der Waals surface area contributed by atoms with Gasteiger partial charge in [-0.1, -0.05) is 23.2 Å². The Morgan fingerprint density at radius 1 is 1.08 bits per heavy atom. The number of aromatic nitrogens is 1. The van der Waals surface area contributed by atoms with E-state index in [-0.39, 0.29) is 5.78 Å². The summed E-state index contributed by atoms with van der Waals surface area (Å²) in [6.07, 6.45) is 6.43. The van der Waals surface area contributed by atoms with E-state index < -0.39 is 0 Å². The molecular formula is C19H18Cl2N2O. The molecule has 0 aliphatic heterocycles. The van der Waals surface area contributed by atoms with Crippen molar-refractivity contribution in [1.82, 2.24) is 4.98 Å². The standard InChI is InChI=1S/C19H18Cl2N2O/c1-10(24)14-9-22-19(23-13-6-7-15(20)16(21)8-13)18-12-4-2-11(3-5-12)17(14)18/h6-9,11-12H,2-5H2,1H3,(H,22,23). The second-order valence-electron chi connectivity index (χ2n) is 6.71. The lowest BCUT2D eigenvalue weighted by molar-refractivity contribution is 0.101. The van der Waals surface area contributed by atoms with Gasteiger partial charge in [-0.2, -0.15) is 0 Å². The predicted molar refractivity (Wildman–Crippen MR) is 97.9 cm³/mol. The number of hydrogen-bond acceptors (Lipinski definition) is 3. The molecule has 1 aromatic carbocycles. The zero-order valence-corrected chi connectivity index (χ0v) is 14.9. The van der Waals surface area contributed by atoms with E-state index in [9.17, 15) is 4.79 Å². The molecule has 3 aliphatic carbocycles. The Balaban J connectivity index is 1.81. The summed E-state index contributed by atoms with van der Waals surface area (Å²) in [6.45, 7) is 1.63. The summed E-state index contributed by atoms with van der Waals surface area (Å²) < 4.78 is 0. The number of hydrogen-bond donors (Lipinski definition) is 1. The quantitative estimate of drug-likeness (QED) is 0.673. The average Bonchev–Trinajstić information content (AvgIpc) is 2.59. The molecule has 3 nitrogen and oxygen atoms in total. The van der Waals surface area contributed by atoms with E-state index in [0.717, 1.165) is 17.1 Å². The largest absolute Gasteiger partial charge is 0.340 e. The normalized spacial score (nSPS) is 21.5. The van der Waals surface area contributed by atoms with Crippen molar-refractivity contribution in [3.05, 3.63) is 51.1 Å². The van der Waals surface area contributed by atoms with Crippen LogP contribution in [0.25, 0.3) is 0 Å². The van der Waals surface area contributed by atoms with Crippen LogP contribution in [0.1, 0.15) is 65.9 Å². The van der Waals surface area contributed by atoms with E-state index in [1.807, 2.05) is 6.07 Å². The van der Waals surface area contributed by atoms with Crippen molar-refractivity contribution in [1.29, 1.82) is 0 Å². The van der Waals surface area contributed by atoms with Crippen LogP contribution in [0, 0.1) is 0 Å². The van der Waals surface area contributed by atoms with Gasteiger partial charge in [0.1, 0.15) is 5.82 Å². The third-order valence-electron chi connectivity index (χ3n) is 5.26. The first-order chi connectivity index (χ1) is 11.5. The van der Waals surface area contributed by atoms with Gasteiger partial charge in [-0.3, -0.25) is 4.79 Å². The zero-order valence-electron chi connectivity index (χ0n) is 13.4. The van der Waals surface area contributed by atoms with Crippen molar-refractivity contribution in [3.63, 3.8) is 0 Å². The molecule has 2 bridgehead atoms. The summed E-state index contributed by atoms with van der Waals surface area (Å²) in [7, 11) is 0. The van der Waals surface area contributed by atoms with Crippen LogP contribution < -0.4 is 5.32 Å². The Kier molecular flexibility index (Phi) is 4.01. The topological polar surface area (TPSA) is 42.0 Å². The molecule has 1 aromatic heterocycles. The molecule has 1 N–H and O–H groups in total. The summed E-state index contributed by atoms with van der Waals surface area (Å²) >= 11 is 12.1. The molecule has 1 fully saturated rings. The Bertz CT molecular complexity index is 826. The van der Waals surface area contributed by atoms with Gasteiger partial charge in [-0.25, -0.2) is 4.98 Å². The minimum absolute atomic E-state index is 0.104. The van der Waals surface area contributed by atoms with Crippen LogP contribution in [0.4, 0.5) is 11.5 Å². The third kappa shape index (κ3) is 2.60. The summed E-state index contributed by atoms with van der Waals surface area (Å²) in [5, 5.41) is 4.43. The molecular weight excluding hydrogens is 343 g/mol. The monoisotopic (exact) mass is 360 g/mol. The smallest absolute Gasteiger partial charge is 0.161 e. The molecule has 1 heterocycles. The molecule has 0 unspecified atom stereocenters. The number of halogens is 2. The SMILES string of the molecule is CC(=O)c1cnc(Nc2ccc(Cl)c(Cl)c2)c2c1C1CCC2CC1. The van der Waals surface area contributed by atoms with Crippen LogP contribution in [-0.2, 0) is 0 Å². The maximum Gasteiger partial charge on any atom is 0.161 e. The first-order valence-electron chi connectivity index (χ1n) is 8.30. The maximum absolute atomic E-state index is 12.1. The van der Waals surface area contributed by atoms with Gasteiger partial charge in [0.15, 0.2) is 5.78 Å². The fraction of sp³-hybridized carbons (Fsp3) is 0.368. The van der Waals surface area contributed by atoms with Crippen LogP contribution in [0.5, 0.6) is 0 Å². The molecule has 124 valence electrons. The van der Waals surface area contributed by atoms with Crippen LogP contribution in [-0.4, -0.2) is 10.8 Å². The molecule has 0 spiro atoms. The highest BCUT2D eigenvalue weighted by atomic mass is 35.5. The summed E-state index contributed by atoms with van der Waals surface area (Å²) in [5.41, 5.74) is 4.11. The number of carbonyl (C=O) groups is 1. The Hall–Kier alpha value is -1.58. The van der Waals surface area contributed by atoms with E-state index in [1.165, 1.54) is 36.8 Å². The fourth-order valence-corrected chi connectivity index (χ4v) is 4.45. The highest BCUT2D eigenvalue weighted by Crippen LogP contribution is 2.52. The maximum atomic E-state index is 12.1. The predicted octanol–water partition coefficient (Wildman–Crippen LogP) is 6.09. The van der Waals surface area contributed by atoms with Gasteiger partial charge in [0.2, 0.25) is 0 Å². The third-order valence-corrected chi connectivity index (χ3v) is 6.00. The second kappa shape index (κ2) is 6.05. The Morgan fingerprint density at radius 2 is 1.75 bits per heavy atom. The number of Topliss-reactive ketones (excluding diaryl/α,β-unsaturated/α-hetero) is 1. The molecule has 1 saturated carbocycles. The molecule has 0 radical (unpaired) electrons. The van der Waals surface area contributed by atoms with Crippen LogP contribution in [0.3, 0.4) is 0 Å². The average molecular weight is 361 g/mol. The van der Waals surface area contributed by atoms with Crippen molar-refractivity contribution in [3.8, 4) is 0 Å². The van der Waals surface area contributed by atoms with Gasteiger partial charge >= 0.3 is 0 Å². The number of rotatable bonds is 3. The van der Waals surface area contributed by atoms with Gasteiger partial charge in [-0.05, 0) is 68.2 Å². The first-order valence-corrected chi connectivity index (χ1v) is 9.06. The molecule has 0 amide bonds. The van der Waals surface area contributed by atoms with E-state index in [2.05, 4.69) is 10.3 Å². The lowest BCUT2D eigenvalue weighted by Gasteiger charge is -2.40. The lowest BCUT2D eigenvalue weighted by atomic mass is 9.66. The minimum atomic E-state index is 0.104. The molecule has 2 aromatic rings. The molecule has 0 saturated heterocycles. The van der Waals surface area contributed by atoms with Gasteiger partial charge < -0.3 is 5.32 Å². The van der Waals surface area contributed by atoms with Crippen molar-refractivity contribution in [2.24, 2.45) is 0 Å². The second-order valence-corrected chi connectivity index (χ2v) is 7.52. The van der Waals surface area contributed by atoms with Crippen molar-refractivity contribution < 1.29 is 4.79 Å². The Morgan fingerprint density at radius 3 is 2.38 bits per heavy atom. The molecule has 5 rings (SSSR count). The summed E-state index contributed by atoms with van der Waals surface area (Å²) in [5.74, 6) is 1.93. The zero-order chi connectivity index (χ0) is 16.8. The van der Waals surface area contributed by atoms with Crippen LogP contribution in [0.15, 0.2) is 24.4 Å². The van der Waals surface area contributed by atoms with Crippen molar-refractivity contribution in [2.45, 2.75) is 44.4 Å². The number of pyridine rings is 1. The van der Waals surface area contributed by atoms with Gasteiger partial charge in [-0.15, -0.1) is 0 Å². The number of carbonyl (C=O) groups excluding carboxylic acids is 1. The minimum Gasteiger partial charge on any atom is -0.340 e. The van der Waals surface area contributed by atoms with Gasteiger partial charge in [0.25, 0.3) is 0 Å². The number of ketones is 1. The van der Waals surface area contributed by atoms with Gasteiger partial charge in [0.05, 0.1) is 10.0 Å². The van der Waals surface area contributed by atoms with Gasteiger partial charge in [0, 0.05) is 23.0 Å². The summed E-state index contributed by atoms with van der Waals surface area (Å²) in [6, 6.07) is 5.47. The van der Waals surface area contributed by atoms with E-state index >= 15 is 0 Å². The fourth-order valence-electron chi connectivity index (χ4n) is 4.16. The highest BCUT2D eigenvalue weighted by Gasteiger charge is 2.37. The number of nitrogens with one attached hydrogen (secondary N) is 1. The molecule has 0 atom stereocenters. The van der Waals surface area contributed by atoms with E-state index in [1.54, 1.807) is 25.3 Å². The van der Waals surface area contributed by atoms with E-state index in [4.69, 9.17) is 23.2 Å². The number of benzene rings is 1. The first kappa shape index (κ1) is 15.9. The molecule has 3 aliphatic rings. The number of anilines is 2. The van der Waals surface area contributed by atoms with E-state index in [0.29, 0.717) is 21.9 Å².